The molecule has 1 aliphatic heterocycles. The molecule has 0 spiro atoms. The lowest BCUT2D eigenvalue weighted by molar-refractivity contribution is 0.263. The second-order valence-electron chi connectivity index (χ2n) is 6.31. The lowest BCUT2D eigenvalue weighted by Crippen LogP contribution is -2.42. The fraction of sp³-hybridized carbons (Fsp3) is 0.647. The quantitative estimate of drug-likeness (QED) is 0.875. The van der Waals surface area contributed by atoms with E-state index in [1.165, 1.54) is 5.56 Å². The summed E-state index contributed by atoms with van der Waals surface area (Å²) in [6, 6.07) is 7.43. The maximum atomic E-state index is 12.8. The largest absolute Gasteiger partial charge is 0.319 e. The summed E-state index contributed by atoms with van der Waals surface area (Å²) in [7, 11) is -1.44. The molecule has 4 nitrogen and oxygen atoms in total. The van der Waals surface area contributed by atoms with E-state index in [1.54, 1.807) is 16.4 Å². The minimum absolute atomic E-state index is 0.410. The minimum atomic E-state index is -3.36. The zero-order valence-electron chi connectivity index (χ0n) is 13.9. The molecule has 0 saturated carbocycles. The number of sulfonamides is 1. The molecular formula is C17H28N2O2S. The van der Waals surface area contributed by atoms with Crippen LogP contribution in [0.3, 0.4) is 0 Å². The van der Waals surface area contributed by atoms with Gasteiger partial charge in [0.2, 0.25) is 10.0 Å². The number of hydrogen-bond acceptors (Lipinski definition) is 3. The van der Waals surface area contributed by atoms with Crippen LogP contribution in [0.15, 0.2) is 29.2 Å². The average Bonchev–Trinajstić information content (AvgIpc) is 2.55. The first-order valence-corrected chi connectivity index (χ1v) is 9.67. The number of nitrogens with one attached hydrogen (secondary N) is 1. The third-order valence-electron chi connectivity index (χ3n) is 4.67. The Morgan fingerprint density at radius 2 is 2.00 bits per heavy atom. The standard InChI is InChI=1S/C17H28N2O2S/c1-4-14(2)16-7-9-17(10-8-16)22(20,21)19-11-5-6-15(13-19)12-18-3/h7-10,14-15,18H,4-6,11-13H2,1-3H3. The second kappa shape index (κ2) is 7.57. The van der Waals surface area contributed by atoms with Gasteiger partial charge < -0.3 is 5.32 Å². The van der Waals surface area contributed by atoms with E-state index < -0.39 is 10.0 Å². The van der Waals surface area contributed by atoms with Gasteiger partial charge in [-0.15, -0.1) is 0 Å². The van der Waals surface area contributed by atoms with Crippen molar-refractivity contribution in [3.63, 3.8) is 0 Å². The molecule has 2 rings (SSSR count). The van der Waals surface area contributed by atoms with Crippen LogP contribution >= 0.6 is 0 Å². The summed E-state index contributed by atoms with van der Waals surface area (Å²) in [6.45, 7) is 6.44. The zero-order valence-corrected chi connectivity index (χ0v) is 14.7. The van der Waals surface area contributed by atoms with Crippen LogP contribution in [0.5, 0.6) is 0 Å². The normalized spacial score (nSPS) is 21.7. The van der Waals surface area contributed by atoms with Crippen LogP contribution in [0.4, 0.5) is 0 Å². The fourth-order valence-electron chi connectivity index (χ4n) is 3.05. The van der Waals surface area contributed by atoms with Crippen LogP contribution in [-0.4, -0.2) is 39.4 Å². The molecule has 1 N–H and O–H groups in total. The van der Waals surface area contributed by atoms with Crippen LogP contribution in [-0.2, 0) is 10.0 Å². The topological polar surface area (TPSA) is 49.4 Å². The van der Waals surface area contributed by atoms with Gasteiger partial charge in [-0.3, -0.25) is 0 Å². The Bertz CT molecular complexity index is 567. The molecule has 0 amide bonds. The maximum absolute atomic E-state index is 12.8. The minimum Gasteiger partial charge on any atom is -0.319 e. The first-order chi connectivity index (χ1) is 10.5. The van der Waals surface area contributed by atoms with Crippen molar-refractivity contribution in [2.24, 2.45) is 5.92 Å². The molecule has 0 aromatic heterocycles. The Balaban J connectivity index is 2.15. The van der Waals surface area contributed by atoms with Crippen molar-refractivity contribution in [2.75, 3.05) is 26.7 Å². The third kappa shape index (κ3) is 3.89. The summed E-state index contributed by atoms with van der Waals surface area (Å²) in [5.74, 6) is 0.875. The van der Waals surface area contributed by atoms with Crippen LogP contribution in [0.25, 0.3) is 0 Å². The van der Waals surface area contributed by atoms with E-state index in [0.29, 0.717) is 29.8 Å². The fourth-order valence-corrected chi connectivity index (χ4v) is 4.61. The highest BCUT2D eigenvalue weighted by molar-refractivity contribution is 7.89. The molecule has 2 unspecified atom stereocenters. The molecule has 22 heavy (non-hydrogen) atoms. The van der Waals surface area contributed by atoms with E-state index in [0.717, 1.165) is 25.8 Å². The van der Waals surface area contributed by atoms with E-state index in [-0.39, 0.29) is 0 Å². The molecule has 1 heterocycles. The van der Waals surface area contributed by atoms with Crippen LogP contribution in [0.1, 0.15) is 44.6 Å². The monoisotopic (exact) mass is 324 g/mol. The molecule has 2 atom stereocenters. The molecular weight excluding hydrogens is 296 g/mol. The van der Waals surface area contributed by atoms with Gasteiger partial charge in [0.25, 0.3) is 0 Å². The lowest BCUT2D eigenvalue weighted by Gasteiger charge is -2.31. The molecule has 0 bridgehead atoms. The molecule has 1 saturated heterocycles. The molecule has 0 aliphatic carbocycles. The molecule has 1 aliphatic rings. The Hall–Kier alpha value is -0.910. The predicted molar refractivity (Wildman–Crippen MR) is 90.6 cm³/mol. The first kappa shape index (κ1) is 17.4. The summed E-state index contributed by atoms with van der Waals surface area (Å²) in [5.41, 5.74) is 1.20. The second-order valence-corrected chi connectivity index (χ2v) is 8.25. The van der Waals surface area contributed by atoms with Gasteiger partial charge >= 0.3 is 0 Å². The summed E-state index contributed by atoms with van der Waals surface area (Å²) in [5, 5.41) is 3.15. The molecule has 1 fully saturated rings. The number of nitrogens with zero attached hydrogens (tertiary/aromatic N) is 1. The number of benzene rings is 1. The van der Waals surface area contributed by atoms with E-state index in [4.69, 9.17) is 0 Å². The van der Waals surface area contributed by atoms with Gasteiger partial charge in [-0.2, -0.15) is 4.31 Å². The summed E-state index contributed by atoms with van der Waals surface area (Å²) in [6.07, 6.45) is 3.10. The molecule has 0 radical (unpaired) electrons. The summed E-state index contributed by atoms with van der Waals surface area (Å²) in [4.78, 5) is 0.421. The van der Waals surface area contributed by atoms with Crippen molar-refractivity contribution in [3.05, 3.63) is 29.8 Å². The Labute approximate surface area is 135 Å². The third-order valence-corrected chi connectivity index (χ3v) is 6.55. The average molecular weight is 324 g/mol. The van der Waals surface area contributed by atoms with Crippen molar-refractivity contribution >= 4 is 10.0 Å². The smallest absolute Gasteiger partial charge is 0.243 e. The molecule has 5 heteroatoms. The highest BCUT2D eigenvalue weighted by Gasteiger charge is 2.29. The van der Waals surface area contributed by atoms with Crippen molar-refractivity contribution in [1.29, 1.82) is 0 Å². The number of rotatable bonds is 6. The molecule has 1 aromatic carbocycles. The van der Waals surface area contributed by atoms with E-state index >= 15 is 0 Å². The van der Waals surface area contributed by atoms with E-state index in [9.17, 15) is 8.42 Å². The van der Waals surface area contributed by atoms with Gasteiger partial charge in [0.15, 0.2) is 0 Å². The van der Waals surface area contributed by atoms with Crippen LogP contribution in [0.2, 0.25) is 0 Å². The Morgan fingerprint density at radius 3 is 2.59 bits per heavy atom. The highest BCUT2D eigenvalue weighted by atomic mass is 32.2. The lowest BCUT2D eigenvalue weighted by atomic mass is 9.99. The Morgan fingerprint density at radius 1 is 1.32 bits per heavy atom. The number of piperidine rings is 1. The number of hydrogen-bond donors (Lipinski definition) is 1. The van der Waals surface area contributed by atoms with Crippen molar-refractivity contribution < 1.29 is 8.42 Å². The highest BCUT2D eigenvalue weighted by Crippen LogP contribution is 2.25. The van der Waals surface area contributed by atoms with Crippen molar-refractivity contribution in [2.45, 2.75) is 43.9 Å². The van der Waals surface area contributed by atoms with Gasteiger partial charge in [0.1, 0.15) is 0 Å². The van der Waals surface area contributed by atoms with Gasteiger partial charge in [-0.25, -0.2) is 8.42 Å². The van der Waals surface area contributed by atoms with E-state index in [2.05, 4.69) is 19.2 Å². The van der Waals surface area contributed by atoms with Crippen LogP contribution < -0.4 is 5.32 Å². The van der Waals surface area contributed by atoms with Gasteiger partial charge in [0.05, 0.1) is 4.90 Å². The SMILES string of the molecule is CCC(C)c1ccc(S(=O)(=O)N2CCCC(CNC)C2)cc1. The molecule has 1 aromatic rings. The van der Waals surface area contributed by atoms with Crippen molar-refractivity contribution in [3.8, 4) is 0 Å². The molecule has 124 valence electrons. The maximum Gasteiger partial charge on any atom is 0.243 e. The Kier molecular flexibility index (Phi) is 6.01. The van der Waals surface area contributed by atoms with Crippen molar-refractivity contribution in [1.82, 2.24) is 9.62 Å². The van der Waals surface area contributed by atoms with Crippen LogP contribution in [0, 0.1) is 5.92 Å². The predicted octanol–water partition coefficient (Wildman–Crippen LogP) is 2.82. The summed E-state index contributed by atoms with van der Waals surface area (Å²) < 4.78 is 27.2. The first-order valence-electron chi connectivity index (χ1n) is 8.23. The van der Waals surface area contributed by atoms with Gasteiger partial charge in [-0.05, 0) is 62.4 Å². The summed E-state index contributed by atoms with van der Waals surface area (Å²) >= 11 is 0. The van der Waals surface area contributed by atoms with E-state index in [1.807, 2.05) is 19.2 Å². The van der Waals surface area contributed by atoms with Gasteiger partial charge in [0, 0.05) is 13.1 Å². The van der Waals surface area contributed by atoms with Gasteiger partial charge in [-0.1, -0.05) is 26.0 Å². The zero-order chi connectivity index (χ0) is 16.2.